The SMILES string of the molecule is CC(C)c1c[c-]c(-c2cc(C(C)C(C)C)c([Si](C)(C)C)cn2)cc1.Cc1ccc(-c2ccc3oc4c(-c5cc(CC(C)(C)C)ccn5)[c-]ccc4c3c2)cc1.[Ir]. The quantitative estimate of drug-likeness (QED) is 0.113. The first kappa shape index (κ1) is 43.0. The van der Waals surface area contributed by atoms with Gasteiger partial charge < -0.3 is 14.4 Å². The molecule has 1 radical (unpaired) electrons. The molecule has 0 spiro atoms. The van der Waals surface area contributed by atoms with Gasteiger partial charge in [-0.2, -0.15) is 0 Å². The van der Waals surface area contributed by atoms with Crippen LogP contribution in [0, 0.1) is 30.4 Å². The van der Waals surface area contributed by atoms with E-state index in [1.54, 1.807) is 0 Å². The van der Waals surface area contributed by atoms with E-state index in [-0.39, 0.29) is 25.5 Å². The first-order valence-corrected chi connectivity index (χ1v) is 23.4. The van der Waals surface area contributed by atoms with Crippen LogP contribution in [-0.2, 0) is 26.5 Å². The van der Waals surface area contributed by atoms with Crippen LogP contribution in [0.5, 0.6) is 0 Å². The predicted molar refractivity (Wildman–Crippen MR) is 238 cm³/mol. The van der Waals surface area contributed by atoms with Crippen molar-refractivity contribution in [2.75, 3.05) is 0 Å². The van der Waals surface area contributed by atoms with Crippen LogP contribution in [0.25, 0.3) is 55.6 Å². The molecule has 3 heterocycles. The third-order valence-corrected chi connectivity index (χ3v) is 12.7. The second-order valence-corrected chi connectivity index (χ2v) is 23.2. The molecule has 4 aromatic carbocycles. The molecule has 0 aliphatic heterocycles. The van der Waals surface area contributed by atoms with Gasteiger partial charge in [0.2, 0.25) is 0 Å². The molecule has 0 N–H and O–H groups in total. The van der Waals surface area contributed by atoms with E-state index in [1.807, 2.05) is 12.3 Å². The summed E-state index contributed by atoms with van der Waals surface area (Å²) in [6.07, 6.45) is 5.03. The van der Waals surface area contributed by atoms with Gasteiger partial charge in [-0.25, -0.2) is 0 Å². The standard InChI is InChI=1S/C29H26NO.C22H32NSi.Ir/c1-19-8-10-21(11-9-19)22-12-13-27-25(17-22)23-6-5-7-24(28(23)31-27)26-16-20(14-15-30-26)18-29(2,3)4;1-15(2)17(5)20-13-21(23-14-22(20)24(6,7)8)19-11-9-18(10-12-19)16(3)4;/h5-6,8-17H,18H2,1-4H3;9-11,13-17H,1-8H3;/q2*-1;. The molecule has 7 aromatic rings. The van der Waals surface area contributed by atoms with Gasteiger partial charge in [-0.3, -0.25) is 0 Å². The Hall–Kier alpha value is -4.15. The number of rotatable bonds is 8. The molecule has 0 saturated heterocycles. The third kappa shape index (κ3) is 10.0. The van der Waals surface area contributed by atoms with E-state index in [9.17, 15) is 0 Å². The number of benzene rings is 4. The van der Waals surface area contributed by atoms with Crippen LogP contribution in [0.15, 0.2) is 108 Å². The summed E-state index contributed by atoms with van der Waals surface area (Å²) in [7, 11) is -1.41. The fraction of sp³-hybridized carbons (Fsp3) is 0.333. The molecular weight excluding hydrogens is 877 g/mol. The average Bonchev–Trinajstić information content (AvgIpc) is 3.52. The maximum atomic E-state index is 6.32. The Morgan fingerprint density at radius 3 is 2.09 bits per heavy atom. The van der Waals surface area contributed by atoms with E-state index in [0.717, 1.165) is 50.9 Å². The van der Waals surface area contributed by atoms with E-state index < -0.39 is 8.07 Å². The fourth-order valence-corrected chi connectivity index (χ4v) is 8.74. The van der Waals surface area contributed by atoms with Crippen LogP contribution >= 0.6 is 0 Å². The van der Waals surface area contributed by atoms with E-state index in [2.05, 4.69) is 190 Å². The molecule has 0 saturated carbocycles. The van der Waals surface area contributed by atoms with Gasteiger partial charge in [-0.15, -0.1) is 53.6 Å². The van der Waals surface area contributed by atoms with Crippen molar-refractivity contribution in [3.8, 4) is 33.6 Å². The number of hydrogen-bond donors (Lipinski definition) is 0. The largest absolute Gasteiger partial charge is 0.501 e. The molecule has 0 aliphatic carbocycles. The molecule has 5 heteroatoms. The Morgan fingerprint density at radius 2 is 1.46 bits per heavy atom. The van der Waals surface area contributed by atoms with Crippen molar-refractivity contribution < 1.29 is 24.5 Å². The molecule has 0 fully saturated rings. The molecule has 7 rings (SSSR count). The molecule has 3 aromatic heterocycles. The summed E-state index contributed by atoms with van der Waals surface area (Å²) in [5.74, 6) is 1.71. The first-order valence-electron chi connectivity index (χ1n) is 19.9. The number of aryl methyl sites for hydroxylation is 1. The van der Waals surface area contributed by atoms with Gasteiger partial charge >= 0.3 is 0 Å². The molecule has 0 bridgehead atoms. The number of pyridine rings is 2. The van der Waals surface area contributed by atoms with Gasteiger partial charge in [0.1, 0.15) is 5.58 Å². The number of hydrogen-bond acceptors (Lipinski definition) is 3. The zero-order valence-corrected chi connectivity index (χ0v) is 38.8. The van der Waals surface area contributed by atoms with E-state index in [4.69, 9.17) is 9.40 Å². The topological polar surface area (TPSA) is 38.9 Å². The molecule has 1 unspecified atom stereocenters. The van der Waals surface area contributed by atoms with E-state index in [1.165, 1.54) is 38.6 Å². The Bertz CT molecular complexity index is 2390. The summed E-state index contributed by atoms with van der Waals surface area (Å²) in [4.78, 5) is 9.44. The predicted octanol–water partition coefficient (Wildman–Crippen LogP) is 14.0. The van der Waals surface area contributed by atoms with Crippen LogP contribution in [0.2, 0.25) is 19.6 Å². The third-order valence-electron chi connectivity index (χ3n) is 10.6. The van der Waals surface area contributed by atoms with E-state index in [0.29, 0.717) is 17.8 Å². The fourth-order valence-electron chi connectivity index (χ4n) is 7.13. The van der Waals surface area contributed by atoms with Crippen LogP contribution < -0.4 is 5.19 Å². The molecule has 0 amide bonds. The summed E-state index contributed by atoms with van der Waals surface area (Å²) < 4.78 is 6.32. The van der Waals surface area contributed by atoms with Gasteiger partial charge in [-0.1, -0.05) is 151 Å². The zero-order chi connectivity index (χ0) is 39.7. The van der Waals surface area contributed by atoms with Crippen LogP contribution in [-0.4, -0.2) is 18.0 Å². The molecule has 293 valence electrons. The number of fused-ring (bicyclic) bond motifs is 3. The van der Waals surface area contributed by atoms with Crippen molar-refractivity contribution in [1.82, 2.24) is 9.97 Å². The Balaban J connectivity index is 0.000000218. The summed E-state index contributed by atoms with van der Waals surface area (Å²) >= 11 is 0. The molecular formula is C51H58IrN2OSi-2. The van der Waals surface area contributed by atoms with Gasteiger partial charge in [-0.05, 0) is 76.5 Å². The van der Waals surface area contributed by atoms with E-state index >= 15 is 0 Å². The second kappa shape index (κ2) is 17.5. The minimum Gasteiger partial charge on any atom is -0.501 e. The van der Waals surface area contributed by atoms with Crippen LogP contribution in [0.3, 0.4) is 0 Å². The summed E-state index contributed by atoms with van der Waals surface area (Å²) in [5, 5.41) is 3.71. The molecule has 3 nitrogen and oxygen atoms in total. The van der Waals surface area contributed by atoms with Crippen molar-refractivity contribution in [3.05, 3.63) is 138 Å². The molecule has 56 heavy (non-hydrogen) atoms. The van der Waals surface area contributed by atoms with Crippen molar-refractivity contribution in [2.24, 2.45) is 11.3 Å². The monoisotopic (exact) mass is 935 g/mol. The zero-order valence-electron chi connectivity index (χ0n) is 35.4. The van der Waals surface area contributed by atoms with Gasteiger partial charge in [0.05, 0.1) is 13.7 Å². The maximum absolute atomic E-state index is 6.32. The summed E-state index contributed by atoms with van der Waals surface area (Å²) in [6.45, 7) is 27.5. The summed E-state index contributed by atoms with van der Waals surface area (Å²) in [6, 6.07) is 39.0. The second-order valence-electron chi connectivity index (χ2n) is 18.2. The van der Waals surface area contributed by atoms with Crippen molar-refractivity contribution in [1.29, 1.82) is 0 Å². The Kier molecular flexibility index (Phi) is 13.5. The van der Waals surface area contributed by atoms with Crippen molar-refractivity contribution in [3.63, 3.8) is 0 Å². The Labute approximate surface area is 350 Å². The van der Waals surface area contributed by atoms with Gasteiger partial charge in [0.25, 0.3) is 0 Å². The number of furan rings is 1. The van der Waals surface area contributed by atoms with Crippen molar-refractivity contribution >= 4 is 35.2 Å². The first-order chi connectivity index (χ1) is 26.0. The molecule has 0 aliphatic rings. The van der Waals surface area contributed by atoms with Crippen LogP contribution in [0.1, 0.15) is 89.5 Å². The maximum Gasteiger partial charge on any atom is 0.120 e. The van der Waals surface area contributed by atoms with Gasteiger partial charge in [0.15, 0.2) is 0 Å². The normalized spacial score (nSPS) is 12.5. The summed E-state index contributed by atoms with van der Waals surface area (Å²) in [5.41, 5.74) is 13.7. The average molecular weight is 935 g/mol. The van der Waals surface area contributed by atoms with Gasteiger partial charge in [0, 0.05) is 37.9 Å². The number of nitrogens with zero attached hydrogens (tertiary/aromatic N) is 2. The molecule has 1 atom stereocenters. The minimum atomic E-state index is -1.41. The Morgan fingerprint density at radius 1 is 0.750 bits per heavy atom. The van der Waals surface area contributed by atoms with Crippen molar-refractivity contribution in [2.45, 2.75) is 100 Å². The minimum absolute atomic E-state index is 0. The smallest absolute Gasteiger partial charge is 0.120 e. The van der Waals surface area contributed by atoms with Crippen LogP contribution in [0.4, 0.5) is 0 Å². The number of aromatic nitrogens is 2.